The fourth-order valence-electron chi connectivity index (χ4n) is 3.94. The van der Waals surface area contributed by atoms with E-state index in [-0.39, 0.29) is 11.2 Å². The van der Waals surface area contributed by atoms with Gasteiger partial charge in [-0.2, -0.15) is 0 Å². The van der Waals surface area contributed by atoms with Gasteiger partial charge in [0.15, 0.2) is 5.82 Å². The third kappa shape index (κ3) is 3.60. The first-order valence-corrected chi connectivity index (χ1v) is 9.33. The standard InChI is InChI=1S/C20H26N4O2/c1-20(2)11-15-10-14(5-6-17(15)26-20)12-23-16-4-3-9-24(13-16)18-19(25)22-8-7-21-18/h5-8,10,16,23H,3-4,9,11-13H2,1-2H3,(H,22,25)/t16-/m1/s1. The van der Waals surface area contributed by atoms with E-state index in [1.807, 2.05) is 0 Å². The molecule has 6 nitrogen and oxygen atoms in total. The third-order valence-electron chi connectivity index (χ3n) is 5.13. The van der Waals surface area contributed by atoms with Crippen LogP contribution in [0, 0.1) is 0 Å². The maximum absolute atomic E-state index is 12.0. The van der Waals surface area contributed by atoms with Crippen molar-refractivity contribution < 1.29 is 4.74 Å². The quantitative estimate of drug-likeness (QED) is 0.881. The fraction of sp³-hybridized carbons (Fsp3) is 0.500. The van der Waals surface area contributed by atoms with E-state index in [1.165, 1.54) is 11.1 Å². The number of nitrogens with zero attached hydrogens (tertiary/aromatic N) is 2. The summed E-state index contributed by atoms with van der Waals surface area (Å²) in [6, 6.07) is 6.83. The first kappa shape index (κ1) is 17.1. The molecule has 1 saturated heterocycles. The number of benzene rings is 1. The van der Waals surface area contributed by atoms with Crippen LogP contribution in [0.2, 0.25) is 0 Å². The van der Waals surface area contributed by atoms with Crippen LogP contribution in [0.5, 0.6) is 5.75 Å². The average Bonchev–Trinajstić information content (AvgIpc) is 2.93. The van der Waals surface area contributed by atoms with Crippen LogP contribution in [0.15, 0.2) is 35.4 Å². The Labute approximate surface area is 153 Å². The average molecular weight is 354 g/mol. The van der Waals surface area contributed by atoms with E-state index in [2.05, 4.69) is 52.2 Å². The van der Waals surface area contributed by atoms with Crippen molar-refractivity contribution in [2.45, 2.75) is 51.3 Å². The monoisotopic (exact) mass is 354 g/mol. The summed E-state index contributed by atoms with van der Waals surface area (Å²) in [6.45, 7) is 6.76. The summed E-state index contributed by atoms with van der Waals surface area (Å²) in [5.41, 5.74) is 2.35. The second-order valence-electron chi connectivity index (χ2n) is 7.89. The van der Waals surface area contributed by atoms with Gasteiger partial charge in [0.25, 0.3) is 5.56 Å². The molecule has 0 amide bonds. The second-order valence-corrected chi connectivity index (χ2v) is 7.89. The Balaban J connectivity index is 1.38. The van der Waals surface area contributed by atoms with Crippen LogP contribution >= 0.6 is 0 Å². The predicted molar refractivity (Wildman–Crippen MR) is 102 cm³/mol. The number of nitrogens with one attached hydrogen (secondary N) is 2. The molecule has 1 atom stereocenters. The van der Waals surface area contributed by atoms with Crippen LogP contribution in [0.3, 0.4) is 0 Å². The van der Waals surface area contributed by atoms with Crippen molar-refractivity contribution in [1.29, 1.82) is 0 Å². The third-order valence-corrected chi connectivity index (χ3v) is 5.13. The van der Waals surface area contributed by atoms with Crippen LogP contribution in [-0.4, -0.2) is 34.7 Å². The second kappa shape index (κ2) is 6.76. The molecule has 138 valence electrons. The molecule has 3 heterocycles. The molecule has 1 fully saturated rings. The van der Waals surface area contributed by atoms with Crippen molar-refractivity contribution in [3.05, 3.63) is 52.1 Å². The Kier molecular flexibility index (Phi) is 4.44. The molecule has 1 aromatic heterocycles. The van der Waals surface area contributed by atoms with Crippen LogP contribution in [0.1, 0.15) is 37.8 Å². The lowest BCUT2D eigenvalue weighted by Crippen LogP contribution is -2.47. The minimum absolute atomic E-state index is 0.103. The number of rotatable bonds is 4. The van der Waals surface area contributed by atoms with Crippen LogP contribution in [0.4, 0.5) is 5.82 Å². The van der Waals surface area contributed by atoms with Crippen molar-refractivity contribution in [2.24, 2.45) is 0 Å². The molecule has 0 saturated carbocycles. The normalized spacial score (nSPS) is 21.3. The smallest absolute Gasteiger partial charge is 0.290 e. The lowest BCUT2D eigenvalue weighted by Gasteiger charge is -2.33. The number of hydrogen-bond donors (Lipinski definition) is 2. The molecule has 2 aliphatic heterocycles. The number of piperidine rings is 1. The highest BCUT2D eigenvalue weighted by atomic mass is 16.5. The molecular weight excluding hydrogens is 328 g/mol. The number of aromatic amines is 1. The number of ether oxygens (including phenoxy) is 1. The summed E-state index contributed by atoms with van der Waals surface area (Å²) < 4.78 is 5.95. The first-order chi connectivity index (χ1) is 12.5. The summed E-state index contributed by atoms with van der Waals surface area (Å²) in [5.74, 6) is 1.54. The minimum atomic E-state index is -0.116. The molecular formula is C20H26N4O2. The first-order valence-electron chi connectivity index (χ1n) is 9.33. The van der Waals surface area contributed by atoms with Gasteiger partial charge in [-0.3, -0.25) is 4.79 Å². The molecule has 4 rings (SSSR count). The zero-order valence-electron chi connectivity index (χ0n) is 15.4. The molecule has 6 heteroatoms. The van der Waals surface area contributed by atoms with Crippen molar-refractivity contribution in [3.63, 3.8) is 0 Å². The van der Waals surface area contributed by atoms with E-state index in [1.54, 1.807) is 12.4 Å². The van der Waals surface area contributed by atoms with Crippen LogP contribution in [-0.2, 0) is 13.0 Å². The Morgan fingerprint density at radius 3 is 3.15 bits per heavy atom. The lowest BCUT2D eigenvalue weighted by atomic mass is 10.00. The lowest BCUT2D eigenvalue weighted by molar-refractivity contribution is 0.138. The molecule has 1 aromatic carbocycles. The van der Waals surface area contributed by atoms with Crippen molar-refractivity contribution in [1.82, 2.24) is 15.3 Å². The Bertz CT molecular complexity index is 846. The van der Waals surface area contributed by atoms with E-state index in [9.17, 15) is 4.79 Å². The van der Waals surface area contributed by atoms with Gasteiger partial charge in [-0.05, 0) is 43.9 Å². The van der Waals surface area contributed by atoms with Gasteiger partial charge in [-0.1, -0.05) is 12.1 Å². The Morgan fingerprint density at radius 1 is 1.42 bits per heavy atom. The van der Waals surface area contributed by atoms with Gasteiger partial charge in [-0.25, -0.2) is 4.98 Å². The molecule has 0 bridgehead atoms. The summed E-state index contributed by atoms with van der Waals surface area (Å²) in [6.07, 6.45) is 6.34. The van der Waals surface area contributed by atoms with Gasteiger partial charge in [0.05, 0.1) is 0 Å². The number of hydrogen-bond acceptors (Lipinski definition) is 5. The molecule has 0 unspecified atom stereocenters. The van der Waals surface area contributed by atoms with Gasteiger partial charge < -0.3 is 19.9 Å². The molecule has 26 heavy (non-hydrogen) atoms. The van der Waals surface area contributed by atoms with Gasteiger partial charge in [0.2, 0.25) is 0 Å². The summed E-state index contributed by atoms with van der Waals surface area (Å²) in [4.78, 5) is 21.0. The molecule has 2 N–H and O–H groups in total. The molecule has 0 spiro atoms. The molecule has 0 radical (unpaired) electrons. The topological polar surface area (TPSA) is 70.2 Å². The molecule has 2 aromatic rings. The number of fused-ring (bicyclic) bond motifs is 1. The summed E-state index contributed by atoms with van der Waals surface area (Å²) in [7, 11) is 0. The highest BCUT2D eigenvalue weighted by Crippen LogP contribution is 2.35. The van der Waals surface area contributed by atoms with Crippen LogP contribution in [0.25, 0.3) is 0 Å². The van der Waals surface area contributed by atoms with Crippen LogP contribution < -0.4 is 20.5 Å². The summed E-state index contributed by atoms with van der Waals surface area (Å²) >= 11 is 0. The number of aromatic nitrogens is 2. The SMILES string of the molecule is CC1(C)Cc2cc(CN[C@@H]3CCCN(c4ncc[nH]c4=O)C3)ccc2O1. The Hall–Kier alpha value is -2.34. The zero-order valence-corrected chi connectivity index (χ0v) is 15.4. The van der Waals surface area contributed by atoms with Crippen molar-refractivity contribution >= 4 is 5.82 Å². The van der Waals surface area contributed by atoms with E-state index < -0.39 is 0 Å². The minimum Gasteiger partial charge on any atom is -0.487 e. The van der Waals surface area contributed by atoms with Gasteiger partial charge in [0.1, 0.15) is 11.4 Å². The number of anilines is 1. The van der Waals surface area contributed by atoms with Gasteiger partial charge >= 0.3 is 0 Å². The van der Waals surface area contributed by atoms with Gasteiger partial charge in [0, 0.05) is 44.5 Å². The maximum Gasteiger partial charge on any atom is 0.290 e. The van der Waals surface area contributed by atoms with Crippen molar-refractivity contribution in [3.8, 4) is 5.75 Å². The Morgan fingerprint density at radius 2 is 2.31 bits per heavy atom. The molecule has 0 aliphatic carbocycles. The summed E-state index contributed by atoms with van der Waals surface area (Å²) in [5, 5.41) is 3.65. The number of H-pyrrole nitrogens is 1. The van der Waals surface area contributed by atoms with Gasteiger partial charge in [-0.15, -0.1) is 0 Å². The molecule has 2 aliphatic rings. The van der Waals surface area contributed by atoms with E-state index >= 15 is 0 Å². The zero-order chi connectivity index (χ0) is 18.1. The maximum atomic E-state index is 12.0. The highest BCUT2D eigenvalue weighted by molar-refractivity contribution is 5.42. The van der Waals surface area contributed by atoms with E-state index in [0.717, 1.165) is 44.6 Å². The van der Waals surface area contributed by atoms with Crippen molar-refractivity contribution in [2.75, 3.05) is 18.0 Å². The highest BCUT2D eigenvalue weighted by Gasteiger charge is 2.30. The fourth-order valence-corrected chi connectivity index (χ4v) is 3.94. The van der Waals surface area contributed by atoms with E-state index in [4.69, 9.17) is 4.74 Å². The largest absolute Gasteiger partial charge is 0.487 e. The van der Waals surface area contributed by atoms with E-state index in [0.29, 0.717) is 11.9 Å². The predicted octanol–water partition coefficient (Wildman–Crippen LogP) is 2.24.